The summed E-state index contributed by atoms with van der Waals surface area (Å²) in [7, 11) is 0. The second-order valence-electron chi connectivity index (χ2n) is 5.61. The summed E-state index contributed by atoms with van der Waals surface area (Å²) in [6.07, 6.45) is 5.69. The Hall–Kier alpha value is -1.73. The van der Waals surface area contributed by atoms with Gasteiger partial charge in [0.25, 0.3) is 5.91 Å². The first-order chi connectivity index (χ1) is 11.7. The van der Waals surface area contributed by atoms with Crippen molar-refractivity contribution in [3.63, 3.8) is 0 Å². The van der Waals surface area contributed by atoms with Gasteiger partial charge in [-0.2, -0.15) is 11.8 Å². The topological polar surface area (TPSA) is 63.1 Å². The molecule has 0 unspecified atom stereocenters. The molecule has 7 heteroatoms. The zero-order valence-electron chi connectivity index (χ0n) is 13.6. The van der Waals surface area contributed by atoms with Gasteiger partial charge >= 0.3 is 0 Å². The molecule has 0 radical (unpaired) electrons. The van der Waals surface area contributed by atoms with Crippen molar-refractivity contribution in [1.82, 2.24) is 15.2 Å². The van der Waals surface area contributed by atoms with E-state index in [9.17, 15) is 9.59 Å². The first kappa shape index (κ1) is 17.1. The van der Waals surface area contributed by atoms with Crippen molar-refractivity contribution in [2.45, 2.75) is 25.5 Å². The molecule has 2 amide bonds. The number of carbonyl (C=O) groups excluding carboxylic acids is 2. The Morgan fingerprint density at radius 2 is 2.04 bits per heavy atom. The molecule has 5 nitrogen and oxygen atoms in total. The van der Waals surface area contributed by atoms with Crippen LogP contribution in [0.1, 0.15) is 34.1 Å². The van der Waals surface area contributed by atoms with E-state index in [1.807, 2.05) is 47.8 Å². The molecule has 0 saturated heterocycles. The van der Waals surface area contributed by atoms with E-state index in [-0.39, 0.29) is 18.4 Å². The van der Waals surface area contributed by atoms with Crippen molar-refractivity contribution in [3.05, 3.63) is 40.5 Å². The molecule has 2 aromatic rings. The van der Waals surface area contributed by atoms with Crippen molar-refractivity contribution in [2.24, 2.45) is 0 Å². The molecule has 0 atom stereocenters. The van der Waals surface area contributed by atoms with E-state index < -0.39 is 0 Å². The lowest BCUT2D eigenvalue weighted by atomic mass is 10.1. The predicted octanol–water partition coefficient (Wildman–Crippen LogP) is 2.58. The molecule has 0 aliphatic carbocycles. The molecule has 3 rings (SSSR count). The average molecular weight is 364 g/mol. The molecule has 24 heavy (non-hydrogen) atoms. The van der Waals surface area contributed by atoms with E-state index in [1.165, 1.54) is 4.88 Å². The Morgan fingerprint density at radius 3 is 2.79 bits per heavy atom. The summed E-state index contributed by atoms with van der Waals surface area (Å²) in [5, 5.41) is 6.50. The van der Waals surface area contributed by atoms with Gasteiger partial charge in [-0.1, -0.05) is 6.92 Å². The summed E-state index contributed by atoms with van der Waals surface area (Å²) in [6.45, 7) is 2.65. The minimum Gasteiger partial charge on any atom is -0.355 e. The van der Waals surface area contributed by atoms with Crippen LogP contribution in [0.2, 0.25) is 0 Å². The molecular formula is C17H21N3O2S2. The van der Waals surface area contributed by atoms with Crippen molar-refractivity contribution < 1.29 is 9.59 Å². The summed E-state index contributed by atoms with van der Waals surface area (Å²) in [4.78, 5) is 25.8. The standard InChI is InChI=1S/C17H21N3O2S2/c1-2-6-18-14(21)10-19-16(22)15-12-5-9-23-11-13(12)24-17(15)20-7-3-4-8-20/h3-4,7-8H,2,5-6,9-11H2,1H3,(H,18,21)(H,19,22). The maximum absolute atomic E-state index is 12.8. The summed E-state index contributed by atoms with van der Waals surface area (Å²) in [6, 6.07) is 3.90. The molecule has 0 fully saturated rings. The fraction of sp³-hybridized carbons (Fsp3) is 0.412. The number of nitrogens with zero attached hydrogens (tertiary/aromatic N) is 1. The van der Waals surface area contributed by atoms with Crippen LogP contribution in [0.3, 0.4) is 0 Å². The molecule has 128 valence electrons. The van der Waals surface area contributed by atoms with Crippen LogP contribution >= 0.6 is 23.1 Å². The molecule has 0 aromatic carbocycles. The maximum Gasteiger partial charge on any atom is 0.255 e. The second-order valence-corrected chi connectivity index (χ2v) is 7.80. The van der Waals surface area contributed by atoms with Crippen LogP contribution in [-0.2, 0) is 17.0 Å². The second kappa shape index (κ2) is 7.90. The van der Waals surface area contributed by atoms with Crippen molar-refractivity contribution in [1.29, 1.82) is 0 Å². The zero-order chi connectivity index (χ0) is 16.9. The lowest BCUT2D eigenvalue weighted by molar-refractivity contribution is -0.120. The van der Waals surface area contributed by atoms with Gasteiger partial charge in [-0.05, 0) is 36.3 Å². The molecule has 1 aliphatic heterocycles. The lowest BCUT2D eigenvalue weighted by Gasteiger charge is -2.13. The maximum atomic E-state index is 12.8. The quantitative estimate of drug-likeness (QED) is 0.829. The molecule has 2 aromatic heterocycles. The van der Waals surface area contributed by atoms with Crippen LogP contribution < -0.4 is 10.6 Å². The van der Waals surface area contributed by atoms with Gasteiger partial charge in [-0.15, -0.1) is 11.3 Å². The lowest BCUT2D eigenvalue weighted by Crippen LogP contribution is -2.37. The molecule has 0 saturated carbocycles. The first-order valence-corrected chi connectivity index (χ1v) is 10.1. The normalized spacial score (nSPS) is 13.4. The zero-order valence-corrected chi connectivity index (χ0v) is 15.3. The Kier molecular flexibility index (Phi) is 5.63. The van der Waals surface area contributed by atoms with Crippen molar-refractivity contribution >= 4 is 34.9 Å². The Labute approximate surface area is 149 Å². The number of aromatic nitrogens is 1. The summed E-state index contributed by atoms with van der Waals surface area (Å²) < 4.78 is 1.99. The Bertz CT molecular complexity index is 723. The number of thioether (sulfide) groups is 1. The van der Waals surface area contributed by atoms with Crippen LogP contribution in [0.4, 0.5) is 0 Å². The van der Waals surface area contributed by atoms with Crippen LogP contribution in [-0.4, -0.2) is 35.2 Å². The van der Waals surface area contributed by atoms with E-state index in [1.54, 1.807) is 11.3 Å². The monoisotopic (exact) mass is 363 g/mol. The van der Waals surface area contributed by atoms with Gasteiger partial charge in [0.15, 0.2) is 0 Å². The minimum atomic E-state index is -0.158. The van der Waals surface area contributed by atoms with Crippen molar-refractivity contribution in [3.8, 4) is 5.00 Å². The number of carbonyl (C=O) groups is 2. The third-order valence-electron chi connectivity index (χ3n) is 3.85. The van der Waals surface area contributed by atoms with Crippen LogP contribution in [0.25, 0.3) is 5.00 Å². The summed E-state index contributed by atoms with van der Waals surface area (Å²) >= 11 is 3.58. The van der Waals surface area contributed by atoms with Gasteiger partial charge < -0.3 is 15.2 Å². The average Bonchev–Trinajstić information content (AvgIpc) is 3.24. The fourth-order valence-electron chi connectivity index (χ4n) is 2.68. The number of rotatable bonds is 6. The molecule has 3 heterocycles. The van der Waals surface area contributed by atoms with Crippen molar-refractivity contribution in [2.75, 3.05) is 18.8 Å². The SMILES string of the molecule is CCCNC(=O)CNC(=O)c1c(-n2cccc2)sc2c1CCSC2. The molecule has 1 aliphatic rings. The highest BCUT2D eigenvalue weighted by atomic mass is 32.2. The summed E-state index contributed by atoms with van der Waals surface area (Å²) in [5.41, 5.74) is 1.88. The highest BCUT2D eigenvalue weighted by Crippen LogP contribution is 2.38. The molecule has 0 spiro atoms. The number of hydrogen-bond acceptors (Lipinski definition) is 4. The highest BCUT2D eigenvalue weighted by Gasteiger charge is 2.26. The number of amides is 2. The largest absolute Gasteiger partial charge is 0.355 e. The van der Waals surface area contributed by atoms with Gasteiger partial charge in [0.05, 0.1) is 12.1 Å². The van der Waals surface area contributed by atoms with Gasteiger partial charge in [0, 0.05) is 29.6 Å². The van der Waals surface area contributed by atoms with Gasteiger partial charge in [0.2, 0.25) is 5.91 Å². The smallest absolute Gasteiger partial charge is 0.255 e. The van der Waals surface area contributed by atoms with E-state index in [2.05, 4.69) is 10.6 Å². The summed E-state index contributed by atoms with van der Waals surface area (Å²) in [5.74, 6) is 1.69. The van der Waals surface area contributed by atoms with E-state index >= 15 is 0 Å². The third-order valence-corrected chi connectivity index (χ3v) is 6.26. The Morgan fingerprint density at radius 1 is 1.25 bits per heavy atom. The first-order valence-electron chi connectivity index (χ1n) is 8.11. The van der Waals surface area contributed by atoms with E-state index in [0.717, 1.165) is 40.5 Å². The van der Waals surface area contributed by atoms with Gasteiger partial charge in [-0.3, -0.25) is 9.59 Å². The number of fused-ring (bicyclic) bond motifs is 1. The predicted molar refractivity (Wildman–Crippen MR) is 99.1 cm³/mol. The van der Waals surface area contributed by atoms with Crippen LogP contribution in [0.5, 0.6) is 0 Å². The minimum absolute atomic E-state index is 0.0172. The van der Waals surface area contributed by atoms with Gasteiger partial charge in [-0.25, -0.2) is 0 Å². The molecule has 2 N–H and O–H groups in total. The van der Waals surface area contributed by atoms with Gasteiger partial charge in [0.1, 0.15) is 5.00 Å². The highest BCUT2D eigenvalue weighted by molar-refractivity contribution is 7.98. The number of hydrogen-bond donors (Lipinski definition) is 2. The number of nitrogens with one attached hydrogen (secondary N) is 2. The van der Waals surface area contributed by atoms with Crippen LogP contribution in [0, 0.1) is 0 Å². The molecule has 0 bridgehead atoms. The van der Waals surface area contributed by atoms with E-state index in [0.29, 0.717) is 6.54 Å². The fourth-order valence-corrected chi connectivity index (χ4v) is 5.12. The van der Waals surface area contributed by atoms with E-state index in [4.69, 9.17) is 0 Å². The third kappa shape index (κ3) is 3.67. The Balaban J connectivity index is 1.82. The number of thiophene rings is 1. The van der Waals surface area contributed by atoms with Crippen LogP contribution in [0.15, 0.2) is 24.5 Å². The molecular weight excluding hydrogens is 342 g/mol.